The van der Waals surface area contributed by atoms with Crippen molar-refractivity contribution in [3.8, 4) is 0 Å². The van der Waals surface area contributed by atoms with Crippen molar-refractivity contribution < 1.29 is 38.1 Å². The molecule has 1 aliphatic heterocycles. The number of nitrogens with zero attached hydrogens (tertiary/aromatic N) is 3. The largest absolute Gasteiger partial charge is 0.449 e. The van der Waals surface area contributed by atoms with Crippen molar-refractivity contribution in [2.75, 3.05) is 65.8 Å². The molecule has 1 atom stereocenters. The molecule has 0 aliphatic carbocycles. The van der Waals surface area contributed by atoms with Gasteiger partial charge < -0.3 is 38.3 Å². The second-order valence-electron chi connectivity index (χ2n) is 21.0. The van der Waals surface area contributed by atoms with Crippen LogP contribution in [0.2, 0.25) is 0 Å². The lowest BCUT2D eigenvalue weighted by Crippen LogP contribution is -2.39. The molecular formula is C62H125N3O9. The molecule has 0 bridgehead atoms. The van der Waals surface area contributed by atoms with E-state index >= 15 is 0 Å². The van der Waals surface area contributed by atoms with Crippen molar-refractivity contribution in [1.29, 1.82) is 0 Å². The number of hydrogen-bond acceptors (Lipinski definition) is 10. The first-order valence-corrected chi connectivity index (χ1v) is 31.5. The van der Waals surface area contributed by atoms with Crippen LogP contribution >= 0.6 is 0 Å². The van der Waals surface area contributed by atoms with E-state index in [4.69, 9.17) is 23.7 Å². The van der Waals surface area contributed by atoms with Gasteiger partial charge in [-0.3, -0.25) is 4.79 Å². The van der Waals surface area contributed by atoms with Crippen LogP contribution < -0.4 is 0 Å². The summed E-state index contributed by atoms with van der Waals surface area (Å²) in [4.78, 5) is 48.6. The van der Waals surface area contributed by atoms with Crippen LogP contribution in [0.1, 0.15) is 300 Å². The van der Waals surface area contributed by atoms with Crippen LogP contribution in [0.15, 0.2) is 5.18 Å². The molecule has 12 heteroatoms. The van der Waals surface area contributed by atoms with Crippen molar-refractivity contribution in [3.63, 3.8) is 0 Å². The van der Waals surface area contributed by atoms with Gasteiger partial charge >= 0.3 is 6.09 Å². The average Bonchev–Trinajstić information content (AvgIpc) is 3.40. The molecule has 0 radical (unpaired) electrons. The molecule has 1 rings (SSSR count). The van der Waals surface area contributed by atoms with Gasteiger partial charge in [0.1, 0.15) is 5.78 Å². The Labute approximate surface area is 458 Å². The fourth-order valence-corrected chi connectivity index (χ4v) is 8.57. The van der Waals surface area contributed by atoms with Gasteiger partial charge in [-0.2, -0.15) is 0 Å². The topological polar surface area (TPSA) is 133 Å². The quantitative estimate of drug-likeness (QED) is 0.0329. The first kappa shape index (κ1) is 76.2. The van der Waals surface area contributed by atoms with Gasteiger partial charge in [-0.25, -0.2) is 4.79 Å². The summed E-state index contributed by atoms with van der Waals surface area (Å²) < 4.78 is 28.8. The zero-order valence-electron chi connectivity index (χ0n) is 50.8. The number of ketones is 1. The van der Waals surface area contributed by atoms with E-state index in [1.54, 1.807) is 6.92 Å². The summed E-state index contributed by atoms with van der Waals surface area (Å²) in [5, 5.41) is 2.45. The fraction of sp³-hybridized carbons (Fsp3) is 0.952. The van der Waals surface area contributed by atoms with Crippen LogP contribution in [0.3, 0.4) is 0 Å². The number of rotatable bonds is 48. The van der Waals surface area contributed by atoms with Gasteiger partial charge in [-0.05, 0) is 70.9 Å². The zero-order valence-corrected chi connectivity index (χ0v) is 50.8. The summed E-state index contributed by atoms with van der Waals surface area (Å²) in [6.45, 7) is 29.6. The fourth-order valence-electron chi connectivity index (χ4n) is 8.57. The van der Waals surface area contributed by atoms with Crippen LogP contribution in [-0.2, 0) is 33.3 Å². The predicted molar refractivity (Wildman–Crippen MR) is 313 cm³/mol. The van der Waals surface area contributed by atoms with E-state index in [0.717, 1.165) is 84.5 Å². The Bertz CT molecular complexity index is 1120. The Hall–Kier alpha value is -1.99. The number of piperidine rings is 1. The van der Waals surface area contributed by atoms with E-state index in [2.05, 4.69) is 72.4 Å². The number of nitroso groups, excluding NO2 is 1. The summed E-state index contributed by atoms with van der Waals surface area (Å²) in [6, 6.07) is 0. The van der Waals surface area contributed by atoms with E-state index in [9.17, 15) is 19.3 Å². The number of unbranched alkanes of at least 4 members (excludes halogenated alkanes) is 24. The van der Waals surface area contributed by atoms with Gasteiger partial charge in [0.25, 0.3) is 5.91 Å². The second kappa shape index (κ2) is 63.5. The number of amides is 2. The van der Waals surface area contributed by atoms with Gasteiger partial charge in [0, 0.05) is 76.9 Å². The Morgan fingerprint density at radius 2 is 0.865 bits per heavy atom. The summed E-state index contributed by atoms with van der Waals surface area (Å²) in [7, 11) is 0. The Morgan fingerprint density at radius 3 is 1.19 bits per heavy atom. The molecule has 12 nitrogen and oxygen atoms in total. The van der Waals surface area contributed by atoms with Gasteiger partial charge in [0.2, 0.25) is 0 Å². The second-order valence-corrected chi connectivity index (χ2v) is 21.0. The maximum absolute atomic E-state index is 11.8. The van der Waals surface area contributed by atoms with Crippen molar-refractivity contribution in [2.45, 2.75) is 313 Å². The third kappa shape index (κ3) is 59.3. The molecular weight excluding hydrogens is 931 g/mol. The van der Waals surface area contributed by atoms with Crippen LogP contribution in [0.25, 0.3) is 0 Å². The lowest BCUT2D eigenvalue weighted by molar-refractivity contribution is -0.150. The highest BCUT2D eigenvalue weighted by Gasteiger charge is 2.22. The zero-order chi connectivity index (χ0) is 55.4. The van der Waals surface area contributed by atoms with Gasteiger partial charge in [-0.15, -0.1) is 4.91 Å². The predicted octanol–water partition coefficient (Wildman–Crippen LogP) is 18.1. The van der Waals surface area contributed by atoms with Crippen LogP contribution in [0, 0.1) is 10.8 Å². The number of likely N-dealkylation sites (tertiary alicyclic amines) is 1. The number of carbonyl (C=O) groups excluding carboxylic acids is 3. The Morgan fingerprint density at radius 1 is 0.514 bits per heavy atom. The molecule has 1 saturated heterocycles. The Balaban J connectivity index is -0.00000101. The third-order valence-corrected chi connectivity index (χ3v) is 13.3. The summed E-state index contributed by atoms with van der Waals surface area (Å²) in [6.07, 6.45) is 40.9. The minimum absolute atomic E-state index is 0.0994. The van der Waals surface area contributed by atoms with Gasteiger partial charge in [-0.1, -0.05) is 223 Å². The van der Waals surface area contributed by atoms with Crippen molar-refractivity contribution in [3.05, 3.63) is 4.91 Å². The first-order valence-electron chi connectivity index (χ1n) is 31.5. The Kier molecular flexibility index (Phi) is 65.5. The maximum Gasteiger partial charge on any atom is 0.409 e. The molecule has 1 aliphatic rings. The summed E-state index contributed by atoms with van der Waals surface area (Å²) in [5.41, 5.74) is 0. The van der Waals surface area contributed by atoms with Crippen LogP contribution in [-0.4, -0.2) is 106 Å². The molecule has 1 heterocycles. The molecule has 0 saturated carbocycles. The van der Waals surface area contributed by atoms with E-state index in [1.807, 2.05) is 4.90 Å². The normalized spacial score (nSPS) is 13.3. The first-order chi connectivity index (χ1) is 36.0. The van der Waals surface area contributed by atoms with Gasteiger partial charge in [0.05, 0.1) is 6.61 Å². The van der Waals surface area contributed by atoms with Gasteiger partial charge in [0.15, 0.2) is 12.6 Å². The monoisotopic (exact) mass is 1060 g/mol. The lowest BCUT2D eigenvalue weighted by Gasteiger charge is -2.30. The molecule has 0 aromatic rings. The van der Waals surface area contributed by atoms with E-state index < -0.39 is 12.2 Å². The molecule has 0 spiro atoms. The van der Waals surface area contributed by atoms with Crippen molar-refractivity contribution >= 4 is 17.8 Å². The molecule has 1 unspecified atom stereocenters. The smallest absolute Gasteiger partial charge is 0.409 e. The van der Waals surface area contributed by atoms with Crippen molar-refractivity contribution in [2.24, 2.45) is 11.1 Å². The third-order valence-electron chi connectivity index (χ3n) is 13.3. The summed E-state index contributed by atoms with van der Waals surface area (Å²) >= 11 is 0. The number of Topliss-reactive ketones (excluding diaryl/α,β-unsaturated/α-hetero) is 1. The molecule has 0 aromatic heterocycles. The molecule has 1 fully saturated rings. The highest BCUT2D eigenvalue weighted by Crippen LogP contribution is 2.17. The standard InChI is InChI=1S/C23H46O3.C22H43NO4.C14H28N2O2.C3H8/c1-4-6-8-10-12-14-16-20-25-23(19-18-22(3)24)26-21-17-15-13-11-9-7-5-2;1-3-5-7-9-11-13-15-19-26-22(18-17-21(24)23-25)27-20-16-14-12-10-8-6-4-2;1-4-15(5-2)9-7-11-18-14(17)16-10-6-8-13(3)12-16;1-3-2/h23H,4-21H2,1-3H3;22H,3-20H2,1-2H3;13H,4-12H2,1-3H3;3H2,1-2H3. The van der Waals surface area contributed by atoms with Crippen LogP contribution in [0.5, 0.6) is 0 Å². The minimum Gasteiger partial charge on any atom is -0.449 e. The molecule has 0 N–H and O–H groups in total. The maximum atomic E-state index is 11.8. The molecule has 74 heavy (non-hydrogen) atoms. The number of hydrogen-bond donors (Lipinski definition) is 0. The average molecular weight is 1060 g/mol. The van der Waals surface area contributed by atoms with Crippen molar-refractivity contribution in [1.82, 2.24) is 9.80 Å². The van der Waals surface area contributed by atoms with E-state index in [0.29, 0.717) is 45.0 Å². The molecule has 0 aromatic carbocycles. The van der Waals surface area contributed by atoms with E-state index in [-0.39, 0.29) is 24.6 Å². The molecule has 2 amide bonds. The lowest BCUT2D eigenvalue weighted by atomic mass is 10.0. The van der Waals surface area contributed by atoms with E-state index in [1.165, 1.54) is 167 Å². The summed E-state index contributed by atoms with van der Waals surface area (Å²) in [5.74, 6) is 0.204. The SMILES string of the molecule is CCC.CCCCCCCCCOC(CCC(=O)N=O)OCCCCCCCCC.CCCCCCCCCOC(CCC(C)=O)OCCCCCCCCC.CCN(CC)CCCOC(=O)N1CCCC(C)C1. The number of ether oxygens (including phenoxy) is 5. The molecule has 442 valence electrons. The van der Waals surface area contributed by atoms with Crippen LogP contribution in [0.4, 0.5) is 4.79 Å². The highest BCUT2D eigenvalue weighted by atomic mass is 16.7. The minimum atomic E-state index is -0.626. The highest BCUT2D eigenvalue weighted by molar-refractivity contribution is 5.76. The number of carbonyl (C=O) groups is 3.